The predicted molar refractivity (Wildman–Crippen MR) is 114 cm³/mol. The van der Waals surface area contributed by atoms with Crippen LogP contribution in [0.25, 0.3) is 0 Å². The molecule has 4 rings (SSSR count). The topological polar surface area (TPSA) is 137 Å². The summed E-state index contributed by atoms with van der Waals surface area (Å²) >= 11 is 5.86. The van der Waals surface area contributed by atoms with E-state index in [4.69, 9.17) is 11.6 Å². The van der Waals surface area contributed by atoms with Crippen molar-refractivity contribution in [2.75, 3.05) is 6.54 Å². The summed E-state index contributed by atoms with van der Waals surface area (Å²) in [6.07, 6.45) is 2.46. The van der Waals surface area contributed by atoms with Crippen LogP contribution in [0.15, 0.2) is 40.1 Å². The zero-order chi connectivity index (χ0) is 22.8. The predicted octanol–water partition coefficient (Wildman–Crippen LogP) is 0.109. The molecule has 1 aliphatic carbocycles. The first kappa shape index (κ1) is 21.9. The van der Waals surface area contributed by atoms with Gasteiger partial charge in [-0.3, -0.25) is 18.7 Å². The van der Waals surface area contributed by atoms with E-state index in [1.165, 1.54) is 22.6 Å². The Balaban J connectivity index is 1.49. The monoisotopic (exact) mass is 459 g/mol. The van der Waals surface area contributed by atoms with Gasteiger partial charge in [0.25, 0.3) is 11.5 Å². The van der Waals surface area contributed by atoms with Crippen molar-refractivity contribution in [1.82, 2.24) is 34.7 Å². The summed E-state index contributed by atoms with van der Waals surface area (Å²) in [5.41, 5.74) is -0.753. The molecule has 12 heteroatoms. The number of aromatic nitrogens is 6. The van der Waals surface area contributed by atoms with Crippen LogP contribution >= 0.6 is 11.6 Å². The number of nitrogens with zero attached hydrogens (tertiary/aromatic N) is 6. The molecule has 0 aliphatic heterocycles. The average Bonchev–Trinajstić information content (AvgIpc) is 3.51. The van der Waals surface area contributed by atoms with Crippen molar-refractivity contribution in [3.8, 4) is 0 Å². The summed E-state index contributed by atoms with van der Waals surface area (Å²) in [6.45, 7) is 0.464. The number of benzene rings is 1. The van der Waals surface area contributed by atoms with Gasteiger partial charge >= 0.3 is 5.69 Å². The minimum atomic E-state index is -0.878. The van der Waals surface area contributed by atoms with Crippen molar-refractivity contribution < 1.29 is 9.90 Å². The lowest BCUT2D eigenvalue weighted by Gasteiger charge is -2.10. The first-order valence-electron chi connectivity index (χ1n) is 10.1. The summed E-state index contributed by atoms with van der Waals surface area (Å²) in [4.78, 5) is 38.5. The fraction of sp³-hybridized carbons (Fsp3) is 0.400. The first-order chi connectivity index (χ1) is 15.3. The van der Waals surface area contributed by atoms with Crippen LogP contribution in [0.5, 0.6) is 0 Å². The van der Waals surface area contributed by atoms with Crippen molar-refractivity contribution in [3.05, 3.63) is 73.3 Å². The zero-order valence-electron chi connectivity index (χ0n) is 17.3. The van der Waals surface area contributed by atoms with Gasteiger partial charge in [-0.05, 0) is 41.7 Å². The molecule has 1 saturated carbocycles. The third-order valence-corrected chi connectivity index (χ3v) is 5.49. The van der Waals surface area contributed by atoms with Gasteiger partial charge in [0, 0.05) is 24.8 Å². The Hall–Kier alpha value is -3.31. The Morgan fingerprint density at radius 1 is 1.28 bits per heavy atom. The second kappa shape index (κ2) is 9.05. The highest BCUT2D eigenvalue weighted by atomic mass is 35.5. The summed E-state index contributed by atoms with van der Waals surface area (Å²) in [5.74, 6) is 0.128. The van der Waals surface area contributed by atoms with E-state index in [9.17, 15) is 19.5 Å². The number of halogens is 1. The Kier molecular flexibility index (Phi) is 6.19. The van der Waals surface area contributed by atoms with Crippen molar-refractivity contribution in [3.63, 3.8) is 0 Å². The maximum atomic E-state index is 12.5. The third kappa shape index (κ3) is 4.94. The molecule has 0 bridgehead atoms. The summed E-state index contributed by atoms with van der Waals surface area (Å²) in [6, 6.07) is 6.74. The van der Waals surface area contributed by atoms with Gasteiger partial charge in [-0.25, -0.2) is 4.79 Å². The van der Waals surface area contributed by atoms with Gasteiger partial charge < -0.3 is 10.4 Å². The highest BCUT2D eigenvalue weighted by molar-refractivity contribution is 6.30. The molecule has 1 amide bonds. The van der Waals surface area contributed by atoms with E-state index in [1.807, 2.05) is 0 Å². The molecule has 2 heterocycles. The smallest absolute Gasteiger partial charge is 0.331 e. The number of rotatable bonds is 8. The molecule has 1 aliphatic rings. The number of carbonyl (C=O) groups excluding carboxylic acids is 1. The fourth-order valence-electron chi connectivity index (χ4n) is 3.16. The second-order valence-corrected chi connectivity index (χ2v) is 8.24. The Labute approximate surface area is 187 Å². The first-order valence-corrected chi connectivity index (χ1v) is 10.5. The number of aliphatic hydroxyl groups excluding tert-OH is 1. The summed E-state index contributed by atoms with van der Waals surface area (Å²) < 4.78 is 2.06. The van der Waals surface area contributed by atoms with Gasteiger partial charge in [-0.1, -0.05) is 23.7 Å². The van der Waals surface area contributed by atoms with Crippen LogP contribution < -0.4 is 16.6 Å². The van der Waals surface area contributed by atoms with E-state index < -0.39 is 23.3 Å². The number of hydrogen-bond donors (Lipinski definition) is 2. The Morgan fingerprint density at radius 3 is 2.69 bits per heavy atom. The number of hydrogen-bond acceptors (Lipinski definition) is 7. The molecule has 168 valence electrons. The van der Waals surface area contributed by atoms with Gasteiger partial charge in [-0.15, -0.1) is 10.2 Å². The molecule has 2 N–H and O–H groups in total. The van der Waals surface area contributed by atoms with E-state index >= 15 is 0 Å². The van der Waals surface area contributed by atoms with Gasteiger partial charge in [0.15, 0.2) is 5.82 Å². The zero-order valence-corrected chi connectivity index (χ0v) is 18.1. The van der Waals surface area contributed by atoms with Gasteiger partial charge in [0.05, 0.1) is 13.1 Å². The molecule has 32 heavy (non-hydrogen) atoms. The molecule has 0 spiro atoms. The van der Waals surface area contributed by atoms with Crippen LogP contribution in [-0.4, -0.2) is 46.9 Å². The van der Waals surface area contributed by atoms with E-state index in [1.54, 1.807) is 24.3 Å². The maximum absolute atomic E-state index is 12.5. The lowest BCUT2D eigenvalue weighted by atomic mass is 10.1. The number of aliphatic hydroxyl groups is 1. The van der Waals surface area contributed by atoms with Crippen LogP contribution in [0.3, 0.4) is 0 Å². The average molecular weight is 460 g/mol. The van der Waals surface area contributed by atoms with Crippen LogP contribution in [0, 0.1) is 5.92 Å². The molecule has 0 radical (unpaired) electrons. The Bertz CT molecular complexity index is 1240. The lowest BCUT2D eigenvalue weighted by molar-refractivity contribution is 0.0948. The van der Waals surface area contributed by atoms with Crippen molar-refractivity contribution in [2.24, 2.45) is 13.0 Å². The van der Waals surface area contributed by atoms with Gasteiger partial charge in [-0.2, -0.15) is 4.80 Å². The minimum Gasteiger partial charge on any atom is -0.386 e. The number of carbonyl (C=O) groups is 1. The van der Waals surface area contributed by atoms with E-state index in [0.29, 0.717) is 23.0 Å². The molecule has 1 fully saturated rings. The summed E-state index contributed by atoms with van der Waals surface area (Å²) in [7, 11) is 1.31. The largest absolute Gasteiger partial charge is 0.386 e. The standard InChI is InChI=1S/C20H22ClN7O4/c1-26-19(31)15(18(30)22-8-12-2-3-12)9-27(20(26)32)11-17-23-25-28(24-17)10-16(29)13-4-6-14(21)7-5-13/h4-7,9,12,16,29H,2-3,8,10-11H2,1H3,(H,22,30)/t16-/m0/s1. The van der Waals surface area contributed by atoms with Gasteiger partial charge in [0.2, 0.25) is 0 Å². The van der Waals surface area contributed by atoms with Crippen molar-refractivity contribution in [1.29, 1.82) is 0 Å². The number of tetrazole rings is 1. The highest BCUT2D eigenvalue weighted by Gasteiger charge is 2.23. The molecule has 0 saturated heterocycles. The maximum Gasteiger partial charge on any atom is 0.331 e. The second-order valence-electron chi connectivity index (χ2n) is 7.80. The molecule has 1 atom stereocenters. The molecule has 3 aromatic rings. The van der Waals surface area contributed by atoms with E-state index in [0.717, 1.165) is 17.4 Å². The highest BCUT2D eigenvalue weighted by Crippen LogP contribution is 2.27. The molecule has 1 aromatic carbocycles. The van der Waals surface area contributed by atoms with Crippen LogP contribution in [0.4, 0.5) is 0 Å². The molecule has 2 aromatic heterocycles. The number of nitrogens with one attached hydrogen (secondary N) is 1. The summed E-state index contributed by atoms with van der Waals surface area (Å²) in [5, 5.41) is 25.6. The normalized spacial score (nSPS) is 14.3. The molecule has 0 unspecified atom stereocenters. The van der Waals surface area contributed by atoms with Crippen LogP contribution in [0.1, 0.15) is 40.7 Å². The Morgan fingerprint density at radius 2 is 2.00 bits per heavy atom. The fourth-order valence-corrected chi connectivity index (χ4v) is 3.29. The van der Waals surface area contributed by atoms with E-state index in [-0.39, 0.29) is 24.5 Å². The molecular formula is C20H22ClN7O4. The van der Waals surface area contributed by atoms with Crippen molar-refractivity contribution in [2.45, 2.75) is 32.0 Å². The minimum absolute atomic E-state index is 0.0473. The molecule has 11 nitrogen and oxygen atoms in total. The van der Waals surface area contributed by atoms with E-state index in [2.05, 4.69) is 20.7 Å². The quantitative estimate of drug-likeness (QED) is 0.487. The van der Waals surface area contributed by atoms with Crippen LogP contribution in [0.2, 0.25) is 5.02 Å². The van der Waals surface area contributed by atoms with Gasteiger partial charge in [0.1, 0.15) is 11.7 Å². The molecular weight excluding hydrogens is 438 g/mol. The SMILES string of the molecule is Cn1c(=O)c(C(=O)NCC2CC2)cn(Cc2nnn(C[C@H](O)c3ccc(Cl)cc3)n2)c1=O. The lowest BCUT2D eigenvalue weighted by Crippen LogP contribution is -2.43. The third-order valence-electron chi connectivity index (χ3n) is 5.24. The number of amides is 1. The van der Waals surface area contributed by atoms with Crippen LogP contribution in [-0.2, 0) is 20.1 Å². The van der Waals surface area contributed by atoms with Crippen molar-refractivity contribution >= 4 is 17.5 Å².